The van der Waals surface area contributed by atoms with Crippen LogP contribution < -0.4 is 9.62 Å². The summed E-state index contributed by atoms with van der Waals surface area (Å²) < 4.78 is 25.7. The molecule has 2 amide bonds. The summed E-state index contributed by atoms with van der Waals surface area (Å²) in [5.74, 6) is -1.07. The lowest BCUT2D eigenvalue weighted by molar-refractivity contribution is -0.123. The highest BCUT2D eigenvalue weighted by Crippen LogP contribution is 2.35. The van der Waals surface area contributed by atoms with E-state index in [0.29, 0.717) is 5.56 Å². The monoisotopic (exact) mass is 386 g/mol. The molecule has 1 aliphatic heterocycles. The summed E-state index contributed by atoms with van der Waals surface area (Å²) >= 11 is 0. The zero-order chi connectivity index (χ0) is 19.8. The number of nitrogens with zero attached hydrogens (tertiary/aromatic N) is 1. The van der Waals surface area contributed by atoms with Gasteiger partial charge >= 0.3 is 0 Å². The fourth-order valence-electron chi connectivity index (χ4n) is 3.14. The first kappa shape index (κ1) is 19.1. The van der Waals surface area contributed by atoms with Gasteiger partial charge in [-0.05, 0) is 44.5 Å². The van der Waals surface area contributed by atoms with Gasteiger partial charge in [0.25, 0.3) is 5.91 Å². The Balaban J connectivity index is 1.86. The van der Waals surface area contributed by atoms with Gasteiger partial charge < -0.3 is 5.32 Å². The Morgan fingerprint density at radius 1 is 1.11 bits per heavy atom. The predicted octanol–water partition coefficient (Wildman–Crippen LogP) is 2.88. The van der Waals surface area contributed by atoms with Gasteiger partial charge in [-0.1, -0.05) is 36.4 Å². The molecule has 0 aromatic heterocycles. The molecule has 1 aliphatic rings. The van der Waals surface area contributed by atoms with E-state index in [-0.39, 0.29) is 23.4 Å². The third-order valence-corrected chi connectivity index (χ3v) is 6.59. The molecule has 0 radical (unpaired) electrons. The number of hydrogen-bond donors (Lipinski definition) is 1. The van der Waals surface area contributed by atoms with Crippen molar-refractivity contribution >= 4 is 27.5 Å². The van der Waals surface area contributed by atoms with Crippen LogP contribution in [0, 0.1) is 5.41 Å². The number of hydrogen-bond acceptors (Lipinski definition) is 4. The average Bonchev–Trinajstić information content (AvgIpc) is 2.78. The van der Waals surface area contributed by atoms with Crippen LogP contribution >= 0.6 is 0 Å². The molecule has 142 valence electrons. The number of nitrogens with one attached hydrogen (secondary N) is 1. The molecule has 0 aliphatic carbocycles. The van der Waals surface area contributed by atoms with Gasteiger partial charge in [-0.3, -0.25) is 9.59 Å². The molecule has 1 unspecified atom stereocenters. The zero-order valence-corrected chi connectivity index (χ0v) is 16.3. The molecule has 7 heteroatoms. The Morgan fingerprint density at radius 2 is 1.78 bits per heavy atom. The molecule has 0 spiro atoms. The first-order valence-corrected chi connectivity index (χ1v) is 10.3. The van der Waals surface area contributed by atoms with Crippen molar-refractivity contribution in [2.45, 2.75) is 26.8 Å². The van der Waals surface area contributed by atoms with E-state index >= 15 is 0 Å². The maximum absolute atomic E-state index is 12.6. The van der Waals surface area contributed by atoms with E-state index < -0.39 is 21.3 Å². The summed E-state index contributed by atoms with van der Waals surface area (Å²) in [4.78, 5) is 25.1. The Morgan fingerprint density at radius 3 is 2.37 bits per heavy atom. The molecule has 6 nitrogen and oxygen atoms in total. The molecule has 2 aromatic carbocycles. The van der Waals surface area contributed by atoms with Gasteiger partial charge in [0.15, 0.2) is 0 Å². The van der Waals surface area contributed by atoms with Gasteiger partial charge in [0.1, 0.15) is 0 Å². The Hall–Kier alpha value is -2.67. The van der Waals surface area contributed by atoms with Crippen molar-refractivity contribution in [1.29, 1.82) is 0 Å². The smallest absolute Gasteiger partial charge is 0.251 e. The normalized spacial score (nSPS) is 18.9. The quantitative estimate of drug-likeness (QED) is 0.876. The van der Waals surface area contributed by atoms with E-state index in [1.807, 2.05) is 37.3 Å². The first-order chi connectivity index (χ1) is 12.6. The first-order valence-electron chi connectivity index (χ1n) is 8.65. The van der Waals surface area contributed by atoms with Crippen LogP contribution in [0.1, 0.15) is 42.7 Å². The van der Waals surface area contributed by atoms with Crippen molar-refractivity contribution < 1.29 is 18.0 Å². The summed E-state index contributed by atoms with van der Waals surface area (Å²) in [6, 6.07) is 15.4. The Kier molecular flexibility index (Phi) is 4.82. The largest absolute Gasteiger partial charge is 0.346 e. The van der Waals surface area contributed by atoms with Gasteiger partial charge in [0.2, 0.25) is 15.9 Å². The van der Waals surface area contributed by atoms with Crippen LogP contribution in [0.2, 0.25) is 0 Å². The van der Waals surface area contributed by atoms with E-state index in [0.717, 1.165) is 9.87 Å². The molecule has 2 aromatic rings. The number of carbonyl (C=O) groups is 2. The fourth-order valence-corrected chi connectivity index (χ4v) is 5.24. The van der Waals surface area contributed by atoms with E-state index in [1.54, 1.807) is 26.0 Å². The minimum atomic E-state index is -3.75. The molecule has 1 heterocycles. The summed E-state index contributed by atoms with van der Waals surface area (Å²) in [5.41, 5.74) is 0.452. The van der Waals surface area contributed by atoms with Gasteiger partial charge in [-0.2, -0.15) is 0 Å². The van der Waals surface area contributed by atoms with Crippen molar-refractivity contribution in [3.63, 3.8) is 0 Å². The standard InChI is InChI=1S/C20H22N2O4S/c1-14(15-8-5-4-6-9-15)21-18(23)16-10-7-11-17(12-16)22-19(24)20(2,3)13-27(22,25)26/h4-12,14H,13H2,1-3H3,(H,21,23). The van der Waals surface area contributed by atoms with Crippen LogP contribution in [0.5, 0.6) is 0 Å². The second-order valence-corrected chi connectivity index (χ2v) is 9.18. The van der Waals surface area contributed by atoms with E-state index in [1.165, 1.54) is 12.1 Å². The van der Waals surface area contributed by atoms with Crippen molar-refractivity contribution in [3.8, 4) is 0 Å². The fraction of sp³-hybridized carbons (Fsp3) is 0.300. The number of sulfonamides is 1. The number of carbonyl (C=O) groups excluding carboxylic acids is 2. The van der Waals surface area contributed by atoms with Crippen LogP contribution in [0.15, 0.2) is 54.6 Å². The minimum Gasteiger partial charge on any atom is -0.346 e. The highest BCUT2D eigenvalue weighted by Gasteiger charge is 2.49. The van der Waals surface area contributed by atoms with Crippen molar-refractivity contribution in [3.05, 3.63) is 65.7 Å². The predicted molar refractivity (Wildman–Crippen MR) is 104 cm³/mol. The molecule has 1 saturated heterocycles. The SMILES string of the molecule is CC(NC(=O)c1cccc(N2C(=O)C(C)(C)CS2(=O)=O)c1)c1ccccc1. The van der Waals surface area contributed by atoms with Gasteiger partial charge in [-0.25, -0.2) is 12.7 Å². The summed E-state index contributed by atoms with van der Waals surface area (Å²) in [5, 5.41) is 2.89. The number of amides is 2. The van der Waals surface area contributed by atoms with Gasteiger partial charge in [0, 0.05) is 5.56 Å². The lowest BCUT2D eigenvalue weighted by atomic mass is 9.95. The van der Waals surface area contributed by atoms with Crippen LogP contribution in [0.25, 0.3) is 0 Å². The van der Waals surface area contributed by atoms with Crippen LogP contribution in [-0.2, 0) is 14.8 Å². The number of benzene rings is 2. The van der Waals surface area contributed by atoms with Crippen molar-refractivity contribution in [1.82, 2.24) is 5.32 Å². The van der Waals surface area contributed by atoms with Crippen LogP contribution in [0.3, 0.4) is 0 Å². The third kappa shape index (κ3) is 3.73. The van der Waals surface area contributed by atoms with Gasteiger partial charge in [-0.15, -0.1) is 0 Å². The van der Waals surface area contributed by atoms with Crippen molar-refractivity contribution in [2.24, 2.45) is 5.41 Å². The van der Waals surface area contributed by atoms with E-state index in [4.69, 9.17) is 0 Å². The van der Waals surface area contributed by atoms with Crippen LogP contribution in [-0.4, -0.2) is 26.0 Å². The second kappa shape index (κ2) is 6.81. The maximum atomic E-state index is 12.6. The Bertz CT molecular complexity index is 984. The number of rotatable bonds is 4. The maximum Gasteiger partial charge on any atom is 0.251 e. The van der Waals surface area contributed by atoms with E-state index in [9.17, 15) is 18.0 Å². The minimum absolute atomic E-state index is 0.186. The molecule has 1 N–H and O–H groups in total. The molecular weight excluding hydrogens is 364 g/mol. The zero-order valence-electron chi connectivity index (χ0n) is 15.5. The third-order valence-electron chi connectivity index (χ3n) is 4.57. The summed E-state index contributed by atoms with van der Waals surface area (Å²) in [6.45, 7) is 5.07. The second-order valence-electron chi connectivity index (χ2n) is 7.37. The lowest BCUT2D eigenvalue weighted by Gasteiger charge is -2.19. The van der Waals surface area contributed by atoms with E-state index in [2.05, 4.69) is 5.32 Å². The summed E-state index contributed by atoms with van der Waals surface area (Å²) in [6.07, 6.45) is 0. The molecule has 0 saturated carbocycles. The molecule has 27 heavy (non-hydrogen) atoms. The highest BCUT2D eigenvalue weighted by molar-refractivity contribution is 7.94. The lowest BCUT2D eigenvalue weighted by Crippen LogP contribution is -2.33. The topological polar surface area (TPSA) is 83.6 Å². The molecule has 1 atom stereocenters. The molecular formula is C20H22N2O4S. The van der Waals surface area contributed by atoms with Gasteiger partial charge in [0.05, 0.1) is 22.9 Å². The molecule has 3 rings (SSSR count). The highest BCUT2D eigenvalue weighted by atomic mass is 32.2. The summed E-state index contributed by atoms with van der Waals surface area (Å²) in [7, 11) is -3.75. The Labute approximate surface area is 159 Å². The number of anilines is 1. The molecule has 0 bridgehead atoms. The van der Waals surface area contributed by atoms with Crippen molar-refractivity contribution in [2.75, 3.05) is 10.1 Å². The molecule has 1 fully saturated rings. The average molecular weight is 386 g/mol. The van der Waals surface area contributed by atoms with Crippen LogP contribution in [0.4, 0.5) is 5.69 Å².